The molecule has 7 nitrogen and oxygen atoms in total. The van der Waals surface area contributed by atoms with Gasteiger partial charge in [-0.2, -0.15) is 0 Å². The van der Waals surface area contributed by atoms with Crippen LogP contribution >= 0.6 is 11.3 Å². The van der Waals surface area contributed by atoms with Crippen molar-refractivity contribution in [2.24, 2.45) is 0 Å². The number of thiophene rings is 1. The number of sulfone groups is 1. The smallest absolute Gasteiger partial charge is 0.272 e. The average Bonchev–Trinajstić information content (AvgIpc) is 3.52. The van der Waals surface area contributed by atoms with Crippen LogP contribution in [-0.2, 0) is 16.3 Å². The Kier molecular flexibility index (Phi) is 5.76. The molecule has 1 amide bonds. The van der Waals surface area contributed by atoms with Gasteiger partial charge in [0, 0.05) is 6.54 Å². The first kappa shape index (κ1) is 21.8. The van der Waals surface area contributed by atoms with E-state index in [4.69, 9.17) is 0 Å². The number of nitrogens with one attached hydrogen (secondary N) is 1. The number of amides is 1. The van der Waals surface area contributed by atoms with Gasteiger partial charge < -0.3 is 9.88 Å². The molecule has 0 aliphatic carbocycles. The fraction of sp³-hybridized carbons (Fsp3) is 0.292. The molecule has 0 spiro atoms. The number of hydrogen-bond donors (Lipinski definition) is 1. The van der Waals surface area contributed by atoms with Gasteiger partial charge in [0.2, 0.25) is 0 Å². The first-order valence-electron chi connectivity index (χ1n) is 10.9. The quantitative estimate of drug-likeness (QED) is 0.453. The van der Waals surface area contributed by atoms with Gasteiger partial charge in [0.1, 0.15) is 11.3 Å². The Hall–Kier alpha value is -3.04. The van der Waals surface area contributed by atoms with E-state index in [9.17, 15) is 13.2 Å². The zero-order chi connectivity index (χ0) is 23.0. The highest BCUT2D eigenvalue weighted by atomic mass is 32.2. The standard InChI is InChI=1S/C24H24N4O3S2/c1-16-26-22-20(28(16)18-10-13-33(30,31)15-18)14-19(21-8-5-12-32-21)27-23(22)24(29)25-11-9-17-6-3-2-4-7-17/h2-8,12,14,18H,9-11,13,15H2,1H3,(H,25,29). The van der Waals surface area contributed by atoms with E-state index in [1.807, 2.05) is 65.4 Å². The van der Waals surface area contributed by atoms with Crippen LogP contribution in [0.5, 0.6) is 0 Å². The summed E-state index contributed by atoms with van der Waals surface area (Å²) in [7, 11) is -3.07. The van der Waals surface area contributed by atoms with E-state index in [1.165, 1.54) is 0 Å². The number of benzene rings is 1. The minimum atomic E-state index is -3.07. The second kappa shape index (κ2) is 8.72. The molecule has 4 heterocycles. The van der Waals surface area contributed by atoms with E-state index in [-0.39, 0.29) is 29.1 Å². The molecule has 1 unspecified atom stereocenters. The van der Waals surface area contributed by atoms with Crippen LogP contribution in [0, 0.1) is 6.92 Å². The molecule has 1 aliphatic heterocycles. The topological polar surface area (TPSA) is 93.9 Å². The van der Waals surface area contributed by atoms with Gasteiger partial charge in [-0.15, -0.1) is 11.3 Å². The molecule has 0 radical (unpaired) electrons. The Bertz CT molecular complexity index is 1410. The molecular formula is C24H24N4O3S2. The first-order chi connectivity index (χ1) is 15.9. The Morgan fingerprint density at radius 2 is 2.00 bits per heavy atom. The molecule has 0 saturated carbocycles. The van der Waals surface area contributed by atoms with Crippen molar-refractivity contribution in [3.63, 3.8) is 0 Å². The third kappa shape index (κ3) is 4.43. The largest absolute Gasteiger partial charge is 0.350 e. The van der Waals surface area contributed by atoms with Crippen LogP contribution in [0.25, 0.3) is 21.6 Å². The van der Waals surface area contributed by atoms with Crippen molar-refractivity contribution in [3.8, 4) is 10.6 Å². The van der Waals surface area contributed by atoms with Crippen molar-refractivity contribution >= 4 is 38.1 Å². The molecule has 4 aromatic rings. The summed E-state index contributed by atoms with van der Waals surface area (Å²) in [5.74, 6) is 0.676. The van der Waals surface area contributed by atoms with Crippen LogP contribution in [0.15, 0.2) is 53.9 Å². The van der Waals surface area contributed by atoms with Gasteiger partial charge in [0.25, 0.3) is 5.91 Å². The number of pyridine rings is 1. The highest BCUT2D eigenvalue weighted by molar-refractivity contribution is 7.91. The predicted molar refractivity (Wildman–Crippen MR) is 130 cm³/mol. The van der Waals surface area contributed by atoms with Crippen molar-refractivity contribution in [2.45, 2.75) is 25.8 Å². The fourth-order valence-corrected chi connectivity index (χ4v) is 6.79. The highest BCUT2D eigenvalue weighted by Crippen LogP contribution is 2.33. The molecule has 1 aliphatic rings. The van der Waals surface area contributed by atoms with Crippen LogP contribution in [0.3, 0.4) is 0 Å². The summed E-state index contributed by atoms with van der Waals surface area (Å²) >= 11 is 1.55. The molecule has 1 saturated heterocycles. The Morgan fingerprint density at radius 1 is 1.18 bits per heavy atom. The summed E-state index contributed by atoms with van der Waals surface area (Å²) in [6.45, 7) is 2.34. The Morgan fingerprint density at radius 3 is 2.70 bits per heavy atom. The van der Waals surface area contributed by atoms with Gasteiger partial charge in [-0.25, -0.2) is 18.4 Å². The number of aromatic nitrogens is 3. The van der Waals surface area contributed by atoms with Gasteiger partial charge in [-0.3, -0.25) is 4.79 Å². The molecule has 5 rings (SSSR count). The zero-order valence-electron chi connectivity index (χ0n) is 18.2. The molecule has 1 aromatic carbocycles. The molecule has 9 heteroatoms. The number of carbonyl (C=O) groups excluding carboxylic acids is 1. The summed E-state index contributed by atoms with van der Waals surface area (Å²) in [6.07, 6.45) is 1.26. The summed E-state index contributed by atoms with van der Waals surface area (Å²) < 4.78 is 26.2. The lowest BCUT2D eigenvalue weighted by molar-refractivity contribution is 0.0951. The van der Waals surface area contributed by atoms with Crippen LogP contribution in [0.2, 0.25) is 0 Å². The monoisotopic (exact) mass is 480 g/mol. The third-order valence-corrected chi connectivity index (χ3v) is 8.60. The summed E-state index contributed by atoms with van der Waals surface area (Å²) in [6, 6.07) is 15.6. The van der Waals surface area contributed by atoms with Crippen molar-refractivity contribution in [3.05, 3.63) is 71.0 Å². The lowest BCUT2D eigenvalue weighted by Crippen LogP contribution is -2.27. The maximum atomic E-state index is 13.2. The first-order valence-corrected chi connectivity index (χ1v) is 13.6. The van der Waals surface area contributed by atoms with Crippen LogP contribution < -0.4 is 5.32 Å². The zero-order valence-corrected chi connectivity index (χ0v) is 19.8. The Labute approximate surface area is 196 Å². The minimum Gasteiger partial charge on any atom is -0.350 e. The lowest BCUT2D eigenvalue weighted by atomic mass is 10.1. The molecule has 1 atom stereocenters. The highest BCUT2D eigenvalue weighted by Gasteiger charge is 2.32. The molecule has 1 fully saturated rings. The molecule has 170 valence electrons. The second-order valence-corrected chi connectivity index (χ2v) is 11.5. The van der Waals surface area contributed by atoms with E-state index in [0.29, 0.717) is 36.4 Å². The minimum absolute atomic E-state index is 0.0918. The maximum Gasteiger partial charge on any atom is 0.272 e. The van der Waals surface area contributed by atoms with Crippen LogP contribution in [-0.4, -0.2) is 46.9 Å². The van der Waals surface area contributed by atoms with Gasteiger partial charge in [0.15, 0.2) is 15.5 Å². The molecule has 3 aromatic heterocycles. The summed E-state index contributed by atoms with van der Waals surface area (Å²) in [5, 5.41) is 4.95. The van der Waals surface area contributed by atoms with Crippen molar-refractivity contribution in [1.29, 1.82) is 0 Å². The molecular weight excluding hydrogens is 456 g/mol. The number of imidazole rings is 1. The summed E-state index contributed by atoms with van der Waals surface area (Å²) in [4.78, 5) is 23.5. The fourth-order valence-electron chi connectivity index (χ4n) is 4.41. The number of rotatable bonds is 6. The van der Waals surface area contributed by atoms with Gasteiger partial charge in [0.05, 0.1) is 33.6 Å². The SMILES string of the molecule is Cc1nc2c(C(=O)NCCc3ccccc3)nc(-c3cccs3)cc2n1C1CCS(=O)(=O)C1. The van der Waals surface area contributed by atoms with E-state index in [1.54, 1.807) is 11.3 Å². The predicted octanol–water partition coefficient (Wildman–Crippen LogP) is 3.80. The van der Waals surface area contributed by atoms with Crippen LogP contribution in [0.1, 0.15) is 34.3 Å². The second-order valence-electron chi connectivity index (χ2n) is 8.28. The third-order valence-electron chi connectivity index (χ3n) is 5.96. The van der Waals surface area contributed by atoms with Gasteiger partial charge in [-0.05, 0) is 42.8 Å². The van der Waals surface area contributed by atoms with Crippen molar-refractivity contribution in [2.75, 3.05) is 18.1 Å². The van der Waals surface area contributed by atoms with Gasteiger partial charge in [-0.1, -0.05) is 36.4 Å². The molecule has 33 heavy (non-hydrogen) atoms. The van der Waals surface area contributed by atoms with E-state index >= 15 is 0 Å². The maximum absolute atomic E-state index is 13.2. The summed E-state index contributed by atoms with van der Waals surface area (Å²) in [5.41, 5.74) is 3.36. The number of fused-ring (bicyclic) bond motifs is 1. The van der Waals surface area contributed by atoms with Gasteiger partial charge >= 0.3 is 0 Å². The Balaban J connectivity index is 1.53. The molecule has 0 bridgehead atoms. The normalized spacial score (nSPS) is 17.4. The number of carbonyl (C=O) groups is 1. The van der Waals surface area contributed by atoms with Crippen molar-refractivity contribution < 1.29 is 13.2 Å². The van der Waals surface area contributed by atoms with E-state index < -0.39 is 9.84 Å². The number of nitrogens with zero attached hydrogens (tertiary/aromatic N) is 3. The van der Waals surface area contributed by atoms with Crippen molar-refractivity contribution in [1.82, 2.24) is 19.9 Å². The average molecular weight is 481 g/mol. The molecule has 1 N–H and O–H groups in total. The van der Waals surface area contributed by atoms with E-state index in [2.05, 4.69) is 15.3 Å². The van der Waals surface area contributed by atoms with Crippen LogP contribution in [0.4, 0.5) is 0 Å². The number of aryl methyl sites for hydroxylation is 1. The number of hydrogen-bond acceptors (Lipinski definition) is 6. The lowest BCUT2D eigenvalue weighted by Gasteiger charge is -2.14. The van der Waals surface area contributed by atoms with E-state index in [0.717, 1.165) is 16.0 Å².